The van der Waals surface area contributed by atoms with Gasteiger partial charge in [0.15, 0.2) is 6.04 Å². The average Bonchev–Trinajstić information content (AvgIpc) is 3.01. The van der Waals surface area contributed by atoms with Crippen molar-refractivity contribution < 1.29 is 14.3 Å². The van der Waals surface area contributed by atoms with E-state index < -0.39 is 12.0 Å². The zero-order valence-electron chi connectivity index (χ0n) is 17.1. The van der Waals surface area contributed by atoms with E-state index in [1.165, 1.54) is 0 Å². The maximum Gasteiger partial charge on any atom is 0.333 e. The van der Waals surface area contributed by atoms with E-state index in [1.807, 2.05) is 63.2 Å². The van der Waals surface area contributed by atoms with Gasteiger partial charge in [-0.3, -0.25) is 4.79 Å². The van der Waals surface area contributed by atoms with Crippen molar-refractivity contribution in [3.05, 3.63) is 82.7 Å². The Morgan fingerprint density at radius 2 is 1.69 bits per heavy atom. The van der Waals surface area contributed by atoms with Crippen LogP contribution in [-0.4, -0.2) is 28.3 Å². The van der Waals surface area contributed by atoms with Gasteiger partial charge in [-0.25, -0.2) is 9.48 Å². The van der Waals surface area contributed by atoms with Gasteiger partial charge in [-0.2, -0.15) is 5.10 Å². The molecule has 0 aliphatic carbocycles. The van der Waals surface area contributed by atoms with Gasteiger partial charge in [0.1, 0.15) is 0 Å². The average molecular weight is 391 g/mol. The number of benzene rings is 2. The van der Waals surface area contributed by atoms with Crippen LogP contribution in [0.3, 0.4) is 0 Å². The van der Waals surface area contributed by atoms with Crippen LogP contribution in [0.5, 0.6) is 0 Å². The second kappa shape index (κ2) is 8.73. The van der Waals surface area contributed by atoms with Crippen LogP contribution in [0, 0.1) is 20.8 Å². The van der Waals surface area contributed by atoms with Gasteiger partial charge in [-0.15, -0.1) is 0 Å². The van der Waals surface area contributed by atoms with Crippen LogP contribution in [0.15, 0.2) is 54.6 Å². The molecule has 3 rings (SSSR count). The molecule has 1 amide bonds. The summed E-state index contributed by atoms with van der Waals surface area (Å²) in [4.78, 5) is 25.5. The topological polar surface area (TPSA) is 73.2 Å². The smallest absolute Gasteiger partial charge is 0.333 e. The van der Waals surface area contributed by atoms with E-state index in [9.17, 15) is 9.59 Å². The first-order chi connectivity index (χ1) is 13.9. The number of esters is 1. The fourth-order valence-corrected chi connectivity index (χ4v) is 3.29. The first kappa shape index (κ1) is 20.3. The third kappa shape index (κ3) is 4.37. The number of nitrogens with zero attached hydrogens (tertiary/aromatic N) is 2. The van der Waals surface area contributed by atoms with Crippen molar-refractivity contribution in [2.24, 2.45) is 0 Å². The normalized spacial score (nSPS) is 11.7. The lowest BCUT2D eigenvalue weighted by Gasteiger charge is -2.18. The lowest BCUT2D eigenvalue weighted by Crippen LogP contribution is -2.35. The van der Waals surface area contributed by atoms with Crippen molar-refractivity contribution in [1.29, 1.82) is 0 Å². The number of para-hydroxylation sites is 1. The fourth-order valence-electron chi connectivity index (χ4n) is 3.29. The van der Waals surface area contributed by atoms with Crippen LogP contribution in [0.2, 0.25) is 0 Å². The summed E-state index contributed by atoms with van der Waals surface area (Å²) in [6, 6.07) is 15.9. The zero-order valence-corrected chi connectivity index (χ0v) is 17.1. The van der Waals surface area contributed by atoms with Crippen LogP contribution < -0.4 is 5.32 Å². The fraction of sp³-hybridized carbons (Fsp3) is 0.261. The van der Waals surface area contributed by atoms with Gasteiger partial charge < -0.3 is 10.1 Å². The number of hydrogen-bond acceptors (Lipinski definition) is 4. The lowest BCUT2D eigenvalue weighted by molar-refractivity contribution is -0.145. The van der Waals surface area contributed by atoms with Crippen LogP contribution in [0.25, 0.3) is 5.69 Å². The van der Waals surface area contributed by atoms with Crippen molar-refractivity contribution >= 4 is 11.9 Å². The number of carbonyl (C=O) groups is 2. The predicted molar refractivity (Wildman–Crippen MR) is 111 cm³/mol. The highest BCUT2D eigenvalue weighted by atomic mass is 16.5. The van der Waals surface area contributed by atoms with Crippen LogP contribution in [-0.2, 0) is 9.53 Å². The van der Waals surface area contributed by atoms with Crippen LogP contribution >= 0.6 is 0 Å². The number of aromatic nitrogens is 2. The number of ether oxygens (including phenoxy) is 1. The SMILES string of the molecule is CCOC(=O)[C@@H](NC(=O)c1ccc(C)cc1)c1c(C)nn(-c2ccccc2)c1C. The standard InChI is InChI=1S/C23H25N3O3/c1-5-29-23(28)21(24-22(27)18-13-11-15(2)12-14-18)20-16(3)25-26(17(20)4)19-9-7-6-8-10-19/h6-14,21H,5H2,1-4H3,(H,24,27)/t21-/m0/s1. The Balaban J connectivity index is 1.99. The molecule has 2 aromatic carbocycles. The van der Waals surface area contributed by atoms with E-state index in [4.69, 9.17) is 4.74 Å². The number of aryl methyl sites for hydroxylation is 2. The number of rotatable bonds is 6. The summed E-state index contributed by atoms with van der Waals surface area (Å²) in [5.74, 6) is -0.846. The molecule has 0 saturated heterocycles. The van der Waals surface area contributed by atoms with Gasteiger partial charge >= 0.3 is 5.97 Å². The molecule has 0 bridgehead atoms. The Bertz CT molecular complexity index is 1010. The Hall–Kier alpha value is -3.41. The summed E-state index contributed by atoms with van der Waals surface area (Å²) < 4.78 is 7.02. The van der Waals surface area contributed by atoms with Crippen molar-refractivity contribution in [2.45, 2.75) is 33.7 Å². The van der Waals surface area contributed by atoms with Crippen LogP contribution in [0.1, 0.15) is 45.8 Å². The van der Waals surface area contributed by atoms with Crippen molar-refractivity contribution in [3.63, 3.8) is 0 Å². The molecule has 0 fully saturated rings. The zero-order chi connectivity index (χ0) is 21.0. The third-order valence-electron chi connectivity index (χ3n) is 4.75. The molecule has 3 aromatic rings. The molecule has 0 aliphatic heterocycles. The summed E-state index contributed by atoms with van der Waals surface area (Å²) in [5.41, 5.74) is 4.50. The molecule has 0 radical (unpaired) electrons. The minimum Gasteiger partial charge on any atom is -0.464 e. The van der Waals surface area contributed by atoms with E-state index in [-0.39, 0.29) is 12.5 Å². The number of carbonyl (C=O) groups excluding carboxylic acids is 2. The number of amides is 1. The first-order valence-electron chi connectivity index (χ1n) is 9.58. The van der Waals surface area contributed by atoms with Gasteiger partial charge in [-0.05, 0) is 52.0 Å². The van der Waals surface area contributed by atoms with E-state index in [1.54, 1.807) is 23.7 Å². The highest BCUT2D eigenvalue weighted by Crippen LogP contribution is 2.26. The largest absolute Gasteiger partial charge is 0.464 e. The molecule has 0 unspecified atom stereocenters. The summed E-state index contributed by atoms with van der Waals surface area (Å²) in [6.45, 7) is 7.62. The second-order valence-corrected chi connectivity index (χ2v) is 6.86. The molecule has 1 atom stereocenters. The molecule has 0 saturated carbocycles. The number of nitrogens with one attached hydrogen (secondary N) is 1. The van der Waals surface area contributed by atoms with Crippen LogP contribution in [0.4, 0.5) is 0 Å². The lowest BCUT2D eigenvalue weighted by atomic mass is 10.0. The molecular weight excluding hydrogens is 366 g/mol. The van der Waals surface area contributed by atoms with Gasteiger partial charge in [0, 0.05) is 16.8 Å². The first-order valence-corrected chi connectivity index (χ1v) is 9.58. The van der Waals surface area contributed by atoms with Gasteiger partial charge in [-0.1, -0.05) is 35.9 Å². The van der Waals surface area contributed by atoms with Crippen molar-refractivity contribution in [3.8, 4) is 5.69 Å². The molecule has 1 heterocycles. The van der Waals surface area contributed by atoms with Gasteiger partial charge in [0.25, 0.3) is 5.91 Å². The van der Waals surface area contributed by atoms with E-state index in [0.29, 0.717) is 16.8 Å². The van der Waals surface area contributed by atoms with E-state index >= 15 is 0 Å². The molecular formula is C23H25N3O3. The Morgan fingerprint density at radius 1 is 1.03 bits per heavy atom. The number of hydrogen-bond donors (Lipinski definition) is 1. The van der Waals surface area contributed by atoms with Gasteiger partial charge in [0.2, 0.25) is 0 Å². The highest BCUT2D eigenvalue weighted by Gasteiger charge is 2.30. The predicted octanol–water partition coefficient (Wildman–Crippen LogP) is 3.83. The van der Waals surface area contributed by atoms with Gasteiger partial charge in [0.05, 0.1) is 18.0 Å². The molecule has 0 spiro atoms. The quantitative estimate of drug-likeness (QED) is 0.648. The summed E-state index contributed by atoms with van der Waals surface area (Å²) in [6.07, 6.45) is 0. The maximum atomic E-state index is 12.8. The van der Waals surface area contributed by atoms with Crippen molar-refractivity contribution in [2.75, 3.05) is 6.61 Å². The summed E-state index contributed by atoms with van der Waals surface area (Å²) >= 11 is 0. The maximum absolute atomic E-state index is 12.8. The van der Waals surface area contributed by atoms with Crippen molar-refractivity contribution in [1.82, 2.24) is 15.1 Å². The molecule has 6 nitrogen and oxygen atoms in total. The van der Waals surface area contributed by atoms with E-state index in [2.05, 4.69) is 10.4 Å². The second-order valence-electron chi connectivity index (χ2n) is 6.86. The third-order valence-corrected chi connectivity index (χ3v) is 4.75. The molecule has 0 aliphatic rings. The minimum atomic E-state index is -0.943. The van der Waals surface area contributed by atoms with E-state index in [0.717, 1.165) is 16.9 Å². The molecule has 150 valence electrons. The Kier molecular flexibility index (Phi) is 6.12. The Labute approximate surface area is 170 Å². The minimum absolute atomic E-state index is 0.223. The summed E-state index contributed by atoms with van der Waals surface area (Å²) in [7, 11) is 0. The highest BCUT2D eigenvalue weighted by molar-refractivity contribution is 5.97. The molecule has 29 heavy (non-hydrogen) atoms. The molecule has 1 N–H and O–H groups in total. The molecule has 1 aromatic heterocycles. The molecule has 6 heteroatoms. The monoisotopic (exact) mass is 391 g/mol. The Morgan fingerprint density at radius 3 is 2.31 bits per heavy atom. The summed E-state index contributed by atoms with van der Waals surface area (Å²) in [5, 5.41) is 7.43.